The number of oxazole rings is 1. The minimum Gasteiger partial charge on any atom is -0.441 e. The number of tetrazole rings is 1. The van der Waals surface area contributed by atoms with Gasteiger partial charge in [-0.1, -0.05) is 97.1 Å². The van der Waals surface area contributed by atoms with E-state index in [0.717, 1.165) is 72.8 Å². The first kappa shape index (κ1) is 35.5. The van der Waals surface area contributed by atoms with Crippen molar-refractivity contribution in [2.45, 2.75) is 25.9 Å². The van der Waals surface area contributed by atoms with Gasteiger partial charge in [-0.15, -0.1) is 0 Å². The maximum atomic E-state index is 13.6. The van der Waals surface area contributed by atoms with Gasteiger partial charge >= 0.3 is 17.9 Å². The molecule has 0 bridgehead atoms. The summed E-state index contributed by atoms with van der Waals surface area (Å²) in [5.74, 6) is 1.86. The molecule has 1 atom stereocenters. The van der Waals surface area contributed by atoms with E-state index in [1.807, 2.05) is 135 Å². The Bertz CT molecular complexity index is 2900. The van der Waals surface area contributed by atoms with Crippen LogP contribution in [0.5, 0.6) is 0 Å². The largest absolute Gasteiger partial charge is 0.441 e. The molecule has 0 saturated carbocycles. The first-order valence-corrected chi connectivity index (χ1v) is 19.3. The van der Waals surface area contributed by atoms with Crippen molar-refractivity contribution in [2.24, 2.45) is 7.05 Å². The van der Waals surface area contributed by atoms with Crippen LogP contribution in [0.2, 0.25) is 0 Å². The number of fused-ring (bicyclic) bond motifs is 6. The average molecular weight is 777 g/mol. The zero-order valence-electron chi connectivity index (χ0n) is 32.4. The maximum absolute atomic E-state index is 13.6. The Kier molecular flexibility index (Phi) is 8.59. The van der Waals surface area contributed by atoms with Crippen LogP contribution in [-0.2, 0) is 7.05 Å². The molecule has 2 aromatic heterocycles. The van der Waals surface area contributed by atoms with Crippen molar-refractivity contribution < 1.29 is 18.7 Å². The predicted octanol–water partition coefficient (Wildman–Crippen LogP) is 8.81. The fourth-order valence-corrected chi connectivity index (χ4v) is 8.28. The summed E-state index contributed by atoms with van der Waals surface area (Å²) in [7, 11) is 1.90. The molecule has 59 heavy (non-hydrogen) atoms. The first-order valence-electron chi connectivity index (χ1n) is 19.3. The average Bonchev–Trinajstić information content (AvgIpc) is 3.99. The van der Waals surface area contributed by atoms with E-state index in [-0.39, 0.29) is 18.1 Å². The van der Waals surface area contributed by atoms with Crippen LogP contribution in [0.3, 0.4) is 0 Å². The molecule has 0 radical (unpaired) electrons. The number of rotatable bonds is 7. The molecule has 0 saturated heterocycles. The molecule has 8 aromatic rings. The fourth-order valence-electron chi connectivity index (χ4n) is 8.28. The number of carbonyl (C=O) groups excluding carboxylic acids is 2. The van der Waals surface area contributed by atoms with E-state index in [9.17, 15) is 9.59 Å². The van der Waals surface area contributed by atoms with Crippen molar-refractivity contribution >= 4 is 23.4 Å². The molecule has 12 nitrogen and oxygen atoms in total. The second-order valence-electron chi connectivity index (χ2n) is 14.7. The Morgan fingerprint density at radius 2 is 1.15 bits per heavy atom. The van der Waals surface area contributed by atoms with E-state index in [4.69, 9.17) is 4.42 Å². The molecular weight excluding hydrogens is 739 g/mol. The highest BCUT2D eigenvalue weighted by Crippen LogP contribution is 2.46. The van der Waals surface area contributed by atoms with Crippen molar-refractivity contribution in [2.75, 3.05) is 10.6 Å². The van der Waals surface area contributed by atoms with E-state index in [2.05, 4.69) is 66.9 Å². The number of aryl methyl sites for hydroxylation is 2. The van der Waals surface area contributed by atoms with Crippen LogP contribution in [0.25, 0.3) is 50.8 Å². The topological polar surface area (TPSA) is 143 Å². The van der Waals surface area contributed by atoms with Gasteiger partial charge in [0.1, 0.15) is 16.5 Å². The number of aromatic nitrogens is 5. The van der Waals surface area contributed by atoms with Crippen molar-refractivity contribution in [1.82, 2.24) is 30.7 Å². The van der Waals surface area contributed by atoms with Gasteiger partial charge in [-0.25, -0.2) is 14.6 Å². The van der Waals surface area contributed by atoms with Gasteiger partial charge in [0.25, 0.3) is 0 Å². The van der Waals surface area contributed by atoms with Gasteiger partial charge < -0.3 is 25.7 Å². The Labute approximate surface area is 339 Å². The highest BCUT2D eigenvalue weighted by atomic mass is 16.4. The smallest absolute Gasteiger partial charge is 0.332 e. The minimum atomic E-state index is -0.422. The van der Waals surface area contributed by atoms with E-state index < -0.39 is 6.04 Å². The summed E-state index contributed by atoms with van der Waals surface area (Å²) in [5, 5.41) is 21.6. The summed E-state index contributed by atoms with van der Waals surface area (Å²) in [6.07, 6.45) is 0. The third-order valence-corrected chi connectivity index (χ3v) is 11.1. The van der Waals surface area contributed by atoms with E-state index in [1.165, 1.54) is 0 Å². The van der Waals surface area contributed by atoms with E-state index in [1.54, 1.807) is 4.80 Å². The summed E-state index contributed by atoms with van der Waals surface area (Å²) < 4.78 is 7.69. The molecule has 0 aliphatic heterocycles. The Balaban J connectivity index is 0.893. The van der Waals surface area contributed by atoms with Gasteiger partial charge in [-0.3, -0.25) is 0 Å². The number of carbonyl (C=O) groups is 2. The van der Waals surface area contributed by atoms with Crippen LogP contribution >= 0.6 is 0 Å². The lowest BCUT2D eigenvalue weighted by atomic mass is 10.0. The van der Waals surface area contributed by atoms with Crippen LogP contribution in [0.1, 0.15) is 45.8 Å². The quantitative estimate of drug-likeness (QED) is 0.119. The molecule has 12 heteroatoms. The summed E-state index contributed by atoms with van der Waals surface area (Å²) in [6.45, 7) is 3.78. The molecule has 0 spiro atoms. The summed E-state index contributed by atoms with van der Waals surface area (Å²) in [5.41, 5.74) is 12.6. The molecule has 2 aliphatic carbocycles. The third kappa shape index (κ3) is 6.27. The molecule has 1 unspecified atom stereocenters. The van der Waals surface area contributed by atoms with Gasteiger partial charge in [0.05, 0.1) is 30.4 Å². The monoisotopic (exact) mass is 776 g/mol. The number of hydrogen-bond acceptors (Lipinski definition) is 6. The highest BCUT2D eigenvalue weighted by Gasteiger charge is 2.35. The number of amides is 4. The van der Waals surface area contributed by atoms with Gasteiger partial charge in [0, 0.05) is 22.5 Å². The van der Waals surface area contributed by atoms with Gasteiger partial charge in [-0.05, 0) is 100 Å². The molecule has 2 heterocycles. The minimum absolute atomic E-state index is 0.262. The number of nitrogens with zero attached hydrogens (tertiary/aromatic N) is 5. The van der Waals surface area contributed by atoms with E-state index in [0.29, 0.717) is 23.1 Å². The van der Waals surface area contributed by atoms with Gasteiger partial charge in [0.15, 0.2) is 5.21 Å². The third-order valence-electron chi connectivity index (χ3n) is 11.1. The zero-order chi connectivity index (χ0) is 40.2. The van der Waals surface area contributed by atoms with Crippen LogP contribution < -0.4 is 25.9 Å². The maximum Gasteiger partial charge on any atom is 0.332 e. The number of urea groups is 2. The molecule has 0 fully saturated rings. The second kappa shape index (κ2) is 14.3. The number of benzene rings is 6. The van der Waals surface area contributed by atoms with Gasteiger partial charge in [-0.2, -0.15) is 4.68 Å². The Morgan fingerprint density at radius 1 is 0.627 bits per heavy atom. The van der Waals surface area contributed by atoms with Crippen molar-refractivity contribution in [3.05, 3.63) is 173 Å². The van der Waals surface area contributed by atoms with Crippen molar-refractivity contribution in [3.63, 3.8) is 0 Å². The summed E-state index contributed by atoms with van der Waals surface area (Å²) >= 11 is 0. The molecule has 10 rings (SSSR count). The zero-order valence-corrected chi connectivity index (χ0v) is 32.4. The van der Waals surface area contributed by atoms with Crippen LogP contribution in [-0.4, -0.2) is 32.2 Å². The predicted molar refractivity (Wildman–Crippen MR) is 225 cm³/mol. The lowest BCUT2D eigenvalue weighted by Crippen LogP contribution is -2.40. The molecular formula is C47H38N9O3+. The van der Waals surface area contributed by atoms with Crippen LogP contribution in [0, 0.1) is 13.8 Å². The van der Waals surface area contributed by atoms with Crippen molar-refractivity contribution in [1.29, 1.82) is 0 Å². The van der Waals surface area contributed by atoms with Crippen molar-refractivity contribution in [3.8, 4) is 50.8 Å². The standard InChI is InChI=1S/C47H37N9O3/c1-27-28(2)59-45(48-27)30-14-11-16-32(26-30)50-47(58)52-43-38-22-9-6-19-35(38)41-39(43)23-12-24-40(41)56-54-53-44(55(56)3)29-13-10-15-31(25-29)49-46(57)51-42-36-20-7-4-17-33(36)34-18-5-8-21-37(34)42/h4-26,42-43H,1-3H3,(H3-,49,50,51,52,57,58)/p+1. The van der Waals surface area contributed by atoms with Gasteiger partial charge in [0.2, 0.25) is 5.89 Å². The summed E-state index contributed by atoms with van der Waals surface area (Å²) in [4.78, 5) is 33.4. The molecule has 2 aliphatic rings. The molecule has 4 amide bonds. The van der Waals surface area contributed by atoms with E-state index >= 15 is 0 Å². The molecule has 4 N–H and O–H groups in total. The molecule has 6 aromatic carbocycles. The Morgan fingerprint density at radius 3 is 1.78 bits per heavy atom. The highest BCUT2D eigenvalue weighted by molar-refractivity contribution is 5.94. The lowest BCUT2D eigenvalue weighted by molar-refractivity contribution is -0.739. The first-order chi connectivity index (χ1) is 28.8. The number of hydrogen-bond donors (Lipinski definition) is 4. The number of nitrogens with one attached hydrogen (secondary N) is 4. The Hall–Kier alpha value is -7.86. The second-order valence-corrected chi connectivity index (χ2v) is 14.7. The fraction of sp³-hybridized carbons (Fsp3) is 0.106. The lowest BCUT2D eigenvalue weighted by Gasteiger charge is -2.17. The number of anilines is 2. The summed E-state index contributed by atoms with van der Waals surface area (Å²) in [6, 6.07) is 44.0. The SMILES string of the molecule is Cc1nc(-c2cccc(NC(=O)NC3c4ccccc4-c4c3cccc4-n3nnc(-c4cccc(NC(=O)NC5c6ccccc6-c6ccccc65)c4)[n+]3C)c2)oc1C. The van der Waals surface area contributed by atoms with Crippen LogP contribution in [0.15, 0.2) is 144 Å². The van der Waals surface area contributed by atoms with Crippen LogP contribution in [0.4, 0.5) is 21.0 Å². The normalized spacial score (nSPS) is 13.6. The molecule has 288 valence electrons.